The van der Waals surface area contributed by atoms with Crippen LogP contribution in [0.2, 0.25) is 0 Å². The molecule has 0 atom stereocenters. The van der Waals surface area contributed by atoms with E-state index in [1.807, 2.05) is 0 Å². The van der Waals surface area contributed by atoms with E-state index in [2.05, 4.69) is 9.98 Å². The van der Waals surface area contributed by atoms with Gasteiger partial charge < -0.3 is 0 Å². The van der Waals surface area contributed by atoms with Crippen LogP contribution in [0.25, 0.3) is 0 Å². The van der Waals surface area contributed by atoms with E-state index in [0.29, 0.717) is 5.69 Å². The summed E-state index contributed by atoms with van der Waals surface area (Å²) in [4.78, 5) is 27.4. The molecule has 6 heteroatoms. The molecule has 0 aromatic carbocycles. The molecule has 0 unspecified atom stereocenters. The summed E-state index contributed by atoms with van der Waals surface area (Å²) in [6, 6.07) is 2.80. The Morgan fingerprint density at radius 1 is 1.53 bits per heavy atom. The molecule has 0 bridgehead atoms. The Morgan fingerprint density at radius 3 is 2.60 bits per heavy atom. The number of aliphatic imine (C=N–C) groups is 1. The molecule has 0 saturated carbocycles. The number of hydrogen-bond acceptors (Lipinski definition) is 5. The second-order valence-electron chi connectivity index (χ2n) is 3.42. The summed E-state index contributed by atoms with van der Waals surface area (Å²) in [6.07, 6.45) is 2.58. The maximum atomic E-state index is 10.4. The molecule has 0 aliphatic heterocycles. The van der Waals surface area contributed by atoms with Crippen molar-refractivity contribution >= 4 is 11.8 Å². The van der Waals surface area contributed by atoms with Gasteiger partial charge in [0.2, 0.25) is 6.08 Å². The van der Waals surface area contributed by atoms with Crippen LogP contribution < -0.4 is 0 Å². The van der Waals surface area contributed by atoms with E-state index >= 15 is 0 Å². The molecule has 15 heavy (non-hydrogen) atoms. The first-order valence-electron chi connectivity index (χ1n) is 4.17. The zero-order valence-corrected chi connectivity index (χ0v) is 8.30. The van der Waals surface area contributed by atoms with Gasteiger partial charge in [-0.15, -0.1) is 0 Å². The molecular formula is C9H9N3O3. The van der Waals surface area contributed by atoms with Crippen molar-refractivity contribution in [1.29, 1.82) is 0 Å². The first-order valence-corrected chi connectivity index (χ1v) is 4.17. The van der Waals surface area contributed by atoms with Crippen molar-refractivity contribution in [2.75, 3.05) is 0 Å². The average molecular weight is 207 g/mol. The summed E-state index contributed by atoms with van der Waals surface area (Å²) < 4.78 is 0. The number of hydrogen-bond donors (Lipinski definition) is 0. The number of aromatic nitrogens is 1. The van der Waals surface area contributed by atoms with Crippen molar-refractivity contribution in [3.63, 3.8) is 0 Å². The zero-order valence-electron chi connectivity index (χ0n) is 8.30. The summed E-state index contributed by atoms with van der Waals surface area (Å²) >= 11 is 0. The lowest BCUT2D eigenvalue weighted by Crippen LogP contribution is -2.15. The van der Waals surface area contributed by atoms with Gasteiger partial charge in [0.05, 0.1) is 10.6 Å². The lowest BCUT2D eigenvalue weighted by molar-refractivity contribution is -0.385. The SMILES string of the molecule is CC(C)(N=C=O)c1ccc([N+](=O)[O-])cn1. The van der Waals surface area contributed by atoms with Crippen LogP contribution in [0.5, 0.6) is 0 Å². The minimum Gasteiger partial charge on any atom is -0.258 e. The number of rotatable bonds is 3. The molecule has 78 valence electrons. The second kappa shape index (κ2) is 3.98. The van der Waals surface area contributed by atoms with Gasteiger partial charge in [-0.05, 0) is 19.9 Å². The highest BCUT2D eigenvalue weighted by atomic mass is 16.6. The molecule has 0 radical (unpaired) electrons. The van der Waals surface area contributed by atoms with Crippen molar-refractivity contribution in [2.45, 2.75) is 19.4 Å². The molecule has 1 aromatic heterocycles. The van der Waals surface area contributed by atoms with Crippen LogP contribution in [0.4, 0.5) is 5.69 Å². The largest absolute Gasteiger partial charge is 0.287 e. The van der Waals surface area contributed by atoms with Crippen LogP contribution in [-0.2, 0) is 10.3 Å². The lowest BCUT2D eigenvalue weighted by Gasteiger charge is -2.15. The third-order valence-corrected chi connectivity index (χ3v) is 1.91. The van der Waals surface area contributed by atoms with Gasteiger partial charge in [-0.3, -0.25) is 15.1 Å². The van der Waals surface area contributed by atoms with Gasteiger partial charge in [0.1, 0.15) is 11.7 Å². The predicted octanol–water partition coefficient (Wildman–Crippen LogP) is 1.56. The molecule has 0 fully saturated rings. The van der Waals surface area contributed by atoms with Crippen LogP contribution in [0.3, 0.4) is 0 Å². The highest BCUT2D eigenvalue weighted by molar-refractivity contribution is 5.37. The molecule has 6 nitrogen and oxygen atoms in total. The molecule has 1 aromatic rings. The van der Waals surface area contributed by atoms with Crippen LogP contribution >= 0.6 is 0 Å². The molecule has 1 heterocycles. The third-order valence-electron chi connectivity index (χ3n) is 1.91. The normalized spacial score (nSPS) is 10.5. The van der Waals surface area contributed by atoms with Crippen LogP contribution in [-0.4, -0.2) is 16.0 Å². The van der Waals surface area contributed by atoms with E-state index in [0.717, 1.165) is 6.20 Å². The van der Waals surface area contributed by atoms with Crippen molar-refractivity contribution in [1.82, 2.24) is 4.98 Å². The molecule has 0 N–H and O–H groups in total. The highest BCUT2D eigenvalue weighted by Gasteiger charge is 2.21. The molecule has 0 amide bonds. The van der Waals surface area contributed by atoms with E-state index < -0.39 is 10.5 Å². The van der Waals surface area contributed by atoms with Gasteiger partial charge in [0, 0.05) is 6.07 Å². The molecule has 0 aliphatic carbocycles. The van der Waals surface area contributed by atoms with E-state index in [1.54, 1.807) is 13.8 Å². The zero-order chi connectivity index (χ0) is 11.5. The molecular weight excluding hydrogens is 198 g/mol. The van der Waals surface area contributed by atoms with Gasteiger partial charge in [-0.2, -0.15) is 4.99 Å². The number of nitrogens with zero attached hydrogens (tertiary/aromatic N) is 3. The van der Waals surface area contributed by atoms with Crippen molar-refractivity contribution < 1.29 is 9.72 Å². The summed E-state index contributed by atoms with van der Waals surface area (Å²) in [5.74, 6) is 0. The Morgan fingerprint density at radius 2 is 2.20 bits per heavy atom. The first kappa shape index (κ1) is 11.0. The smallest absolute Gasteiger partial charge is 0.258 e. The number of isocyanates is 1. The molecule has 1 rings (SSSR count). The molecule has 0 aliphatic rings. The molecule has 0 spiro atoms. The highest BCUT2D eigenvalue weighted by Crippen LogP contribution is 2.23. The Bertz CT molecular complexity index is 419. The first-order chi connectivity index (χ1) is 6.97. The minimum atomic E-state index is -0.809. The fourth-order valence-corrected chi connectivity index (χ4v) is 1.03. The third kappa shape index (κ3) is 2.45. The van der Waals surface area contributed by atoms with Crippen molar-refractivity contribution in [3.8, 4) is 0 Å². The number of nitro groups is 1. The maximum Gasteiger partial charge on any atom is 0.287 e. The van der Waals surface area contributed by atoms with Gasteiger partial charge >= 0.3 is 0 Å². The van der Waals surface area contributed by atoms with E-state index in [4.69, 9.17) is 0 Å². The van der Waals surface area contributed by atoms with Gasteiger partial charge in [-0.25, -0.2) is 4.79 Å². The summed E-state index contributed by atoms with van der Waals surface area (Å²) in [5, 5.41) is 10.4. The minimum absolute atomic E-state index is 0.0929. The second-order valence-corrected chi connectivity index (χ2v) is 3.42. The van der Waals surface area contributed by atoms with E-state index in [-0.39, 0.29) is 5.69 Å². The maximum absolute atomic E-state index is 10.4. The number of pyridine rings is 1. The Hall–Kier alpha value is -2.07. The predicted molar refractivity (Wildman–Crippen MR) is 52.0 cm³/mol. The lowest BCUT2D eigenvalue weighted by atomic mass is 10.0. The average Bonchev–Trinajstić information content (AvgIpc) is 2.18. The fraction of sp³-hybridized carbons (Fsp3) is 0.333. The monoisotopic (exact) mass is 207 g/mol. The summed E-state index contributed by atoms with van der Waals surface area (Å²) in [5.41, 5.74) is -0.419. The Balaban J connectivity index is 3.08. The molecule has 0 saturated heterocycles. The Labute approximate surface area is 85.8 Å². The van der Waals surface area contributed by atoms with Crippen LogP contribution in [0.1, 0.15) is 19.5 Å². The van der Waals surface area contributed by atoms with E-state index in [1.165, 1.54) is 18.2 Å². The van der Waals surface area contributed by atoms with Gasteiger partial charge in [0.15, 0.2) is 0 Å². The summed E-state index contributed by atoms with van der Waals surface area (Å²) in [7, 11) is 0. The topological polar surface area (TPSA) is 85.5 Å². The van der Waals surface area contributed by atoms with E-state index in [9.17, 15) is 14.9 Å². The van der Waals surface area contributed by atoms with Crippen LogP contribution in [0, 0.1) is 10.1 Å². The van der Waals surface area contributed by atoms with Crippen molar-refractivity contribution in [3.05, 3.63) is 34.1 Å². The number of carbonyl (C=O) groups excluding carboxylic acids is 1. The standard InChI is InChI=1S/C9H9N3O3/c1-9(2,11-6-13)8-4-3-7(5-10-8)12(14)15/h3-5H,1-2H3. The Kier molecular flexibility index (Phi) is 2.92. The summed E-state index contributed by atoms with van der Waals surface area (Å²) in [6.45, 7) is 3.35. The van der Waals surface area contributed by atoms with Gasteiger partial charge in [0.25, 0.3) is 5.69 Å². The fourth-order valence-electron chi connectivity index (χ4n) is 1.03. The van der Waals surface area contributed by atoms with Gasteiger partial charge in [-0.1, -0.05) is 0 Å². The quantitative estimate of drug-likeness (QED) is 0.326. The van der Waals surface area contributed by atoms with Crippen molar-refractivity contribution in [2.24, 2.45) is 4.99 Å². The van der Waals surface area contributed by atoms with Crippen LogP contribution in [0.15, 0.2) is 23.3 Å².